The Kier molecular flexibility index (Phi) is 10.9. The fourth-order valence-corrected chi connectivity index (χ4v) is 3.72. The minimum Gasteiger partial charge on any atom is -0.490 e. The Bertz CT molecular complexity index is 674. The molecule has 0 saturated carbocycles. The van der Waals surface area contributed by atoms with Gasteiger partial charge in [-0.05, 0) is 58.4 Å². The van der Waals surface area contributed by atoms with E-state index in [2.05, 4.69) is 60.4 Å². The van der Waals surface area contributed by atoms with E-state index >= 15 is 0 Å². The van der Waals surface area contributed by atoms with Crippen molar-refractivity contribution >= 4 is 5.96 Å². The highest BCUT2D eigenvalue weighted by molar-refractivity contribution is 5.80. The second-order valence-corrected chi connectivity index (χ2v) is 8.37. The second kappa shape index (κ2) is 13.4. The molecule has 2 unspecified atom stereocenters. The number of benzene rings is 1. The van der Waals surface area contributed by atoms with Crippen LogP contribution in [0.5, 0.6) is 11.5 Å². The molecule has 0 spiro atoms. The van der Waals surface area contributed by atoms with Crippen molar-refractivity contribution in [1.29, 1.82) is 0 Å². The van der Waals surface area contributed by atoms with Gasteiger partial charge < -0.3 is 29.9 Å². The maximum Gasteiger partial charge on any atom is 0.191 e. The molecule has 2 rings (SSSR count). The van der Waals surface area contributed by atoms with E-state index in [1.165, 1.54) is 0 Å². The van der Waals surface area contributed by atoms with Gasteiger partial charge in [0.25, 0.3) is 0 Å². The number of piperazine rings is 1. The van der Waals surface area contributed by atoms with Crippen LogP contribution in [0, 0.1) is 5.92 Å². The molecule has 0 bridgehead atoms. The summed E-state index contributed by atoms with van der Waals surface area (Å²) in [5.74, 6) is 2.95. The number of nitrogens with one attached hydrogen (secondary N) is 2. The summed E-state index contributed by atoms with van der Waals surface area (Å²) in [6.45, 7) is 19.1. The Balaban J connectivity index is 1.97. The van der Waals surface area contributed by atoms with Crippen molar-refractivity contribution in [3.05, 3.63) is 23.8 Å². The third-order valence-corrected chi connectivity index (χ3v) is 5.49. The normalized spacial score (nSPS) is 17.8. The Hall–Kier alpha value is -1.99. The molecule has 31 heavy (non-hydrogen) atoms. The lowest BCUT2D eigenvalue weighted by molar-refractivity contribution is 0.140. The number of hydrogen-bond acceptors (Lipinski definition) is 5. The van der Waals surface area contributed by atoms with Crippen molar-refractivity contribution in [2.24, 2.45) is 10.9 Å². The Morgan fingerprint density at radius 1 is 1.03 bits per heavy atom. The summed E-state index contributed by atoms with van der Waals surface area (Å²) in [5, 5.41) is 6.92. The second-order valence-electron chi connectivity index (χ2n) is 8.37. The molecule has 2 atom stereocenters. The van der Waals surface area contributed by atoms with E-state index in [-0.39, 0.29) is 6.04 Å². The van der Waals surface area contributed by atoms with Crippen LogP contribution in [-0.4, -0.2) is 81.8 Å². The standard InChI is InChI=1S/C24H43N5O2/c1-7-25-24(26-17-19(4)18-29-14-12-28(6)13-15-29)27-20(5)21-10-11-22(30-8-2)23(16-21)31-9-3/h10-11,16,19-20H,7-9,12-15,17-18H2,1-6H3,(H2,25,26,27). The van der Waals surface area contributed by atoms with E-state index in [0.717, 1.165) is 68.8 Å². The zero-order valence-corrected chi connectivity index (χ0v) is 20.4. The Labute approximate surface area is 189 Å². The molecule has 1 fully saturated rings. The van der Waals surface area contributed by atoms with Crippen molar-refractivity contribution < 1.29 is 9.47 Å². The number of likely N-dealkylation sites (N-methyl/N-ethyl adjacent to an activating group) is 1. The van der Waals surface area contributed by atoms with Gasteiger partial charge in [0, 0.05) is 45.8 Å². The average Bonchev–Trinajstić information content (AvgIpc) is 2.75. The first-order valence-electron chi connectivity index (χ1n) is 11.8. The highest BCUT2D eigenvalue weighted by atomic mass is 16.5. The number of ether oxygens (including phenoxy) is 2. The van der Waals surface area contributed by atoms with E-state index in [4.69, 9.17) is 14.5 Å². The van der Waals surface area contributed by atoms with Gasteiger partial charge in [-0.3, -0.25) is 4.99 Å². The fraction of sp³-hybridized carbons (Fsp3) is 0.708. The van der Waals surface area contributed by atoms with Crippen molar-refractivity contribution in [3.63, 3.8) is 0 Å². The summed E-state index contributed by atoms with van der Waals surface area (Å²) in [6, 6.07) is 6.24. The van der Waals surface area contributed by atoms with Gasteiger partial charge in [-0.15, -0.1) is 0 Å². The van der Waals surface area contributed by atoms with Crippen LogP contribution < -0.4 is 20.1 Å². The van der Waals surface area contributed by atoms with Crippen molar-refractivity contribution in [2.75, 3.05) is 66.1 Å². The number of nitrogens with zero attached hydrogens (tertiary/aromatic N) is 3. The van der Waals surface area contributed by atoms with Crippen LogP contribution in [0.15, 0.2) is 23.2 Å². The molecule has 0 amide bonds. The lowest BCUT2D eigenvalue weighted by Gasteiger charge is -2.33. The number of rotatable bonds is 11. The lowest BCUT2D eigenvalue weighted by atomic mass is 10.1. The SMILES string of the molecule is CCNC(=NCC(C)CN1CCN(C)CC1)NC(C)c1ccc(OCC)c(OCC)c1. The van der Waals surface area contributed by atoms with Crippen LogP contribution in [0.25, 0.3) is 0 Å². The van der Waals surface area contributed by atoms with Crippen LogP contribution >= 0.6 is 0 Å². The zero-order valence-electron chi connectivity index (χ0n) is 20.4. The van der Waals surface area contributed by atoms with Crippen molar-refractivity contribution in [3.8, 4) is 11.5 Å². The molecule has 7 heteroatoms. The molecule has 0 radical (unpaired) electrons. The molecule has 0 aliphatic carbocycles. The van der Waals surface area contributed by atoms with Gasteiger partial charge >= 0.3 is 0 Å². The first-order valence-corrected chi connectivity index (χ1v) is 11.8. The van der Waals surface area contributed by atoms with Gasteiger partial charge in [-0.2, -0.15) is 0 Å². The van der Waals surface area contributed by atoms with Crippen LogP contribution in [0.2, 0.25) is 0 Å². The molecule has 1 saturated heterocycles. The molecule has 1 aromatic rings. The molecular weight excluding hydrogens is 390 g/mol. The van der Waals surface area contributed by atoms with Crippen LogP contribution in [0.1, 0.15) is 46.2 Å². The highest BCUT2D eigenvalue weighted by Gasteiger charge is 2.17. The summed E-state index contributed by atoms with van der Waals surface area (Å²) in [7, 11) is 2.20. The van der Waals surface area contributed by atoms with E-state index in [1.54, 1.807) is 0 Å². The summed E-state index contributed by atoms with van der Waals surface area (Å²) in [6.07, 6.45) is 0. The molecule has 0 aromatic heterocycles. The molecule has 1 aliphatic heterocycles. The minimum absolute atomic E-state index is 0.0978. The average molecular weight is 434 g/mol. The minimum atomic E-state index is 0.0978. The van der Waals surface area contributed by atoms with Crippen LogP contribution in [0.3, 0.4) is 0 Å². The van der Waals surface area contributed by atoms with Crippen LogP contribution in [0.4, 0.5) is 0 Å². The topological polar surface area (TPSA) is 61.4 Å². The third-order valence-electron chi connectivity index (χ3n) is 5.49. The van der Waals surface area contributed by atoms with E-state index < -0.39 is 0 Å². The third kappa shape index (κ3) is 8.57. The zero-order chi connectivity index (χ0) is 22.6. The molecule has 176 valence electrons. The van der Waals surface area contributed by atoms with Gasteiger partial charge in [-0.25, -0.2) is 0 Å². The van der Waals surface area contributed by atoms with Crippen molar-refractivity contribution in [1.82, 2.24) is 20.4 Å². The van der Waals surface area contributed by atoms with E-state index in [9.17, 15) is 0 Å². The van der Waals surface area contributed by atoms with Crippen LogP contribution in [-0.2, 0) is 0 Å². The Morgan fingerprint density at radius 3 is 2.35 bits per heavy atom. The summed E-state index contributed by atoms with van der Waals surface area (Å²) >= 11 is 0. The molecule has 1 aliphatic rings. The predicted octanol–water partition coefficient (Wildman–Crippen LogP) is 2.98. The number of aliphatic imine (C=N–C) groups is 1. The first-order chi connectivity index (χ1) is 15.0. The fourth-order valence-electron chi connectivity index (χ4n) is 3.72. The van der Waals surface area contributed by atoms with Gasteiger partial charge in [0.1, 0.15) is 0 Å². The largest absolute Gasteiger partial charge is 0.490 e. The maximum atomic E-state index is 5.78. The molecule has 2 N–H and O–H groups in total. The van der Waals surface area contributed by atoms with Gasteiger partial charge in [0.15, 0.2) is 17.5 Å². The molecule has 7 nitrogen and oxygen atoms in total. The van der Waals surface area contributed by atoms with E-state index in [1.807, 2.05) is 19.9 Å². The number of hydrogen-bond donors (Lipinski definition) is 2. The summed E-state index contributed by atoms with van der Waals surface area (Å²) in [5.41, 5.74) is 1.14. The maximum absolute atomic E-state index is 5.78. The van der Waals surface area contributed by atoms with E-state index in [0.29, 0.717) is 19.1 Å². The molecular formula is C24H43N5O2. The van der Waals surface area contributed by atoms with Gasteiger partial charge in [0.2, 0.25) is 0 Å². The molecule has 1 heterocycles. The molecule has 1 aromatic carbocycles. The quantitative estimate of drug-likeness (QED) is 0.413. The van der Waals surface area contributed by atoms with Crippen molar-refractivity contribution in [2.45, 2.75) is 40.7 Å². The van der Waals surface area contributed by atoms with Gasteiger partial charge in [0.05, 0.1) is 19.3 Å². The predicted molar refractivity (Wildman–Crippen MR) is 129 cm³/mol. The number of guanidine groups is 1. The van der Waals surface area contributed by atoms with Gasteiger partial charge in [-0.1, -0.05) is 13.0 Å². The summed E-state index contributed by atoms with van der Waals surface area (Å²) < 4.78 is 11.5. The monoisotopic (exact) mass is 433 g/mol. The highest BCUT2D eigenvalue weighted by Crippen LogP contribution is 2.30. The summed E-state index contributed by atoms with van der Waals surface area (Å²) in [4.78, 5) is 9.82. The first kappa shape index (κ1) is 25.3. The Morgan fingerprint density at radius 2 is 1.71 bits per heavy atom. The smallest absolute Gasteiger partial charge is 0.191 e. The lowest BCUT2D eigenvalue weighted by Crippen LogP contribution is -2.46.